The molecule has 0 spiro atoms. The Morgan fingerprint density at radius 2 is 1.71 bits per heavy atom. The molecular weight excluding hydrogens is 327 g/mol. The summed E-state index contributed by atoms with van der Waals surface area (Å²) >= 11 is 0. The average molecular weight is 344 g/mol. The van der Waals surface area contributed by atoms with Gasteiger partial charge in [0.1, 0.15) is 5.75 Å². The summed E-state index contributed by atoms with van der Waals surface area (Å²) < 4.78 is 40.0. The van der Waals surface area contributed by atoms with Crippen LogP contribution in [0.15, 0.2) is 24.3 Å². The highest BCUT2D eigenvalue weighted by Crippen LogP contribution is 2.44. The first-order chi connectivity index (χ1) is 11.2. The molecule has 0 aliphatic heterocycles. The zero-order chi connectivity index (χ0) is 17.8. The highest BCUT2D eigenvalue weighted by Gasteiger charge is 2.36. The van der Waals surface area contributed by atoms with Crippen molar-refractivity contribution in [3.63, 3.8) is 0 Å². The number of carboxylic acid groups (broad SMARTS) is 1. The number of aliphatic carboxylic acids is 1. The number of anilines is 1. The number of hydrogen-bond donors (Lipinski definition) is 1. The van der Waals surface area contributed by atoms with Crippen molar-refractivity contribution in [2.45, 2.75) is 44.9 Å². The van der Waals surface area contributed by atoms with E-state index >= 15 is 0 Å². The molecule has 0 bridgehead atoms. The van der Waals surface area contributed by atoms with Crippen molar-refractivity contribution in [1.29, 1.82) is 0 Å². The van der Waals surface area contributed by atoms with E-state index in [1.807, 2.05) is 0 Å². The fourth-order valence-electron chi connectivity index (χ4n) is 3.13. The Morgan fingerprint density at radius 1 is 1.12 bits per heavy atom. The number of halogens is 3. The van der Waals surface area contributed by atoms with E-state index in [1.165, 1.54) is 12.1 Å². The van der Waals surface area contributed by atoms with Gasteiger partial charge in [0.15, 0.2) is 0 Å². The SMILES string of the molecule is O=C([O-])CC1(CC(=O)Nc2ccc(OC(F)(F)F)cc2)CCCC1. The summed E-state index contributed by atoms with van der Waals surface area (Å²) in [5.41, 5.74) is -0.279. The molecule has 0 unspecified atom stereocenters. The van der Waals surface area contributed by atoms with E-state index in [9.17, 15) is 27.9 Å². The highest BCUT2D eigenvalue weighted by atomic mass is 19.4. The number of carboxylic acids is 1. The molecule has 1 aliphatic carbocycles. The van der Waals surface area contributed by atoms with Crippen molar-refractivity contribution >= 4 is 17.6 Å². The number of benzene rings is 1. The number of amides is 1. The monoisotopic (exact) mass is 344 g/mol. The Bertz CT molecular complexity index is 592. The smallest absolute Gasteiger partial charge is 0.550 e. The fourth-order valence-corrected chi connectivity index (χ4v) is 3.13. The van der Waals surface area contributed by atoms with E-state index in [-0.39, 0.29) is 24.5 Å². The van der Waals surface area contributed by atoms with E-state index in [2.05, 4.69) is 10.1 Å². The van der Waals surface area contributed by atoms with Gasteiger partial charge in [0.05, 0.1) is 0 Å². The topological polar surface area (TPSA) is 78.5 Å². The van der Waals surface area contributed by atoms with Gasteiger partial charge in [-0.1, -0.05) is 12.8 Å². The lowest BCUT2D eigenvalue weighted by Crippen LogP contribution is -2.33. The average Bonchev–Trinajstić information content (AvgIpc) is 2.86. The zero-order valence-electron chi connectivity index (χ0n) is 12.8. The van der Waals surface area contributed by atoms with Gasteiger partial charge < -0.3 is 20.0 Å². The molecule has 24 heavy (non-hydrogen) atoms. The summed E-state index contributed by atoms with van der Waals surface area (Å²) in [6, 6.07) is 4.77. The Labute approximate surface area is 136 Å². The molecule has 0 atom stereocenters. The zero-order valence-corrected chi connectivity index (χ0v) is 12.8. The Morgan fingerprint density at radius 3 is 2.21 bits per heavy atom. The molecule has 132 valence electrons. The third kappa shape index (κ3) is 5.43. The molecule has 1 fully saturated rings. The van der Waals surface area contributed by atoms with Crippen LogP contribution in [0.25, 0.3) is 0 Å². The van der Waals surface area contributed by atoms with Gasteiger partial charge in [-0.3, -0.25) is 4.79 Å². The highest BCUT2D eigenvalue weighted by molar-refractivity contribution is 5.91. The summed E-state index contributed by atoms with van der Waals surface area (Å²) in [7, 11) is 0. The van der Waals surface area contributed by atoms with Gasteiger partial charge in [0.25, 0.3) is 0 Å². The summed E-state index contributed by atoms with van der Waals surface area (Å²) in [5, 5.41) is 13.5. The van der Waals surface area contributed by atoms with Crippen LogP contribution < -0.4 is 15.2 Å². The van der Waals surface area contributed by atoms with Gasteiger partial charge in [-0.2, -0.15) is 0 Å². The molecule has 1 aliphatic rings. The van der Waals surface area contributed by atoms with Gasteiger partial charge in [-0.05, 0) is 48.9 Å². The molecule has 1 aromatic rings. The molecule has 1 amide bonds. The number of nitrogens with one attached hydrogen (secondary N) is 1. The fraction of sp³-hybridized carbons (Fsp3) is 0.500. The number of rotatable bonds is 6. The van der Waals surface area contributed by atoms with Crippen LogP contribution in [-0.2, 0) is 9.59 Å². The van der Waals surface area contributed by atoms with Crippen LogP contribution in [0.2, 0.25) is 0 Å². The van der Waals surface area contributed by atoms with Crippen LogP contribution in [0.1, 0.15) is 38.5 Å². The Hall–Kier alpha value is -2.25. The molecular formula is C16H17F3NO4-. The van der Waals surface area contributed by atoms with E-state index in [1.54, 1.807) is 0 Å². The van der Waals surface area contributed by atoms with E-state index in [0.717, 1.165) is 25.0 Å². The first-order valence-corrected chi connectivity index (χ1v) is 7.53. The number of alkyl halides is 3. The first kappa shape index (κ1) is 18.1. The van der Waals surface area contributed by atoms with Crippen molar-refractivity contribution in [3.8, 4) is 5.75 Å². The van der Waals surface area contributed by atoms with Crippen molar-refractivity contribution in [2.24, 2.45) is 5.41 Å². The molecule has 0 heterocycles. The van der Waals surface area contributed by atoms with Gasteiger partial charge in [0.2, 0.25) is 5.91 Å². The second kappa shape index (κ2) is 7.11. The maximum Gasteiger partial charge on any atom is 0.573 e. The first-order valence-electron chi connectivity index (χ1n) is 7.53. The maximum atomic E-state index is 12.1. The van der Waals surface area contributed by atoms with Gasteiger partial charge >= 0.3 is 6.36 Å². The summed E-state index contributed by atoms with van der Waals surface area (Å²) in [5.74, 6) is -1.94. The molecule has 0 radical (unpaired) electrons. The van der Waals surface area contributed by atoms with Crippen LogP contribution >= 0.6 is 0 Å². The molecule has 2 rings (SSSR count). The van der Waals surface area contributed by atoms with Crippen molar-refractivity contribution in [2.75, 3.05) is 5.32 Å². The minimum Gasteiger partial charge on any atom is -0.550 e. The van der Waals surface area contributed by atoms with Crippen LogP contribution in [-0.4, -0.2) is 18.2 Å². The second-order valence-corrected chi connectivity index (χ2v) is 6.05. The summed E-state index contributed by atoms with van der Waals surface area (Å²) in [4.78, 5) is 23.0. The number of hydrogen-bond acceptors (Lipinski definition) is 4. The minimum absolute atomic E-state index is 0.0434. The van der Waals surface area contributed by atoms with Crippen LogP contribution in [0, 0.1) is 5.41 Å². The lowest BCUT2D eigenvalue weighted by atomic mass is 9.79. The number of carbonyl (C=O) groups excluding carboxylic acids is 2. The molecule has 1 aromatic carbocycles. The molecule has 0 saturated heterocycles. The molecule has 5 nitrogen and oxygen atoms in total. The number of carbonyl (C=O) groups is 2. The lowest BCUT2D eigenvalue weighted by molar-refractivity contribution is -0.308. The summed E-state index contributed by atoms with van der Waals surface area (Å²) in [6.07, 6.45) is -1.88. The molecule has 1 saturated carbocycles. The van der Waals surface area contributed by atoms with Gasteiger partial charge in [-0.15, -0.1) is 13.2 Å². The van der Waals surface area contributed by atoms with E-state index < -0.39 is 17.7 Å². The Balaban J connectivity index is 1.95. The third-order valence-electron chi connectivity index (χ3n) is 4.09. The van der Waals surface area contributed by atoms with Gasteiger partial charge in [-0.25, -0.2) is 0 Å². The van der Waals surface area contributed by atoms with Crippen molar-refractivity contribution < 1.29 is 32.6 Å². The van der Waals surface area contributed by atoms with Crippen molar-refractivity contribution in [1.82, 2.24) is 0 Å². The predicted octanol–water partition coefficient (Wildman–Crippen LogP) is 2.61. The van der Waals surface area contributed by atoms with Crippen LogP contribution in [0.4, 0.5) is 18.9 Å². The van der Waals surface area contributed by atoms with E-state index in [4.69, 9.17) is 0 Å². The quantitative estimate of drug-likeness (QED) is 0.860. The van der Waals surface area contributed by atoms with E-state index in [0.29, 0.717) is 18.5 Å². The molecule has 1 N–H and O–H groups in total. The standard InChI is InChI=1S/C16H18F3NO4/c17-16(18,19)24-12-5-3-11(4-6-12)20-13(21)9-15(10-14(22)23)7-1-2-8-15/h3-6H,1-2,7-10H2,(H,20,21)(H,22,23)/p-1. The van der Waals surface area contributed by atoms with Crippen molar-refractivity contribution in [3.05, 3.63) is 24.3 Å². The van der Waals surface area contributed by atoms with Crippen LogP contribution in [0.3, 0.4) is 0 Å². The molecule has 0 aromatic heterocycles. The molecule has 8 heteroatoms. The largest absolute Gasteiger partial charge is 0.573 e. The normalized spacial score (nSPS) is 16.6. The Kier molecular flexibility index (Phi) is 5.36. The van der Waals surface area contributed by atoms with Crippen LogP contribution in [0.5, 0.6) is 5.75 Å². The maximum absolute atomic E-state index is 12.1. The minimum atomic E-state index is -4.77. The summed E-state index contributed by atoms with van der Waals surface area (Å²) in [6.45, 7) is 0. The number of ether oxygens (including phenoxy) is 1. The predicted molar refractivity (Wildman–Crippen MR) is 76.9 cm³/mol. The lowest BCUT2D eigenvalue weighted by Gasteiger charge is -2.28. The van der Waals surface area contributed by atoms with Gasteiger partial charge in [0, 0.05) is 18.1 Å². The second-order valence-electron chi connectivity index (χ2n) is 6.05. The third-order valence-corrected chi connectivity index (χ3v) is 4.09.